The number of nitrogens with one attached hydrogen (secondary N) is 1. The van der Waals surface area contributed by atoms with Crippen molar-refractivity contribution in [2.45, 2.75) is 46.1 Å². The predicted molar refractivity (Wildman–Crippen MR) is 90.2 cm³/mol. The third-order valence-electron chi connectivity index (χ3n) is 4.11. The molecule has 0 saturated heterocycles. The van der Waals surface area contributed by atoms with Crippen LogP contribution in [-0.4, -0.2) is 0 Å². The number of hydrazine groups is 1. The molecule has 0 spiro atoms. The molecule has 0 bridgehead atoms. The lowest BCUT2D eigenvalue weighted by molar-refractivity contribution is 0.587. The van der Waals surface area contributed by atoms with Gasteiger partial charge in [0, 0.05) is 0 Å². The molecule has 0 aromatic heterocycles. The molecule has 112 valence electrons. The average Bonchev–Trinajstić information content (AvgIpc) is 2.42. The molecule has 2 aromatic rings. The smallest absolute Gasteiger partial charge is 0.0715 e. The van der Waals surface area contributed by atoms with Crippen molar-refractivity contribution in [3.63, 3.8) is 0 Å². The monoisotopic (exact) mass is 282 g/mol. The summed E-state index contributed by atoms with van der Waals surface area (Å²) in [6.07, 6.45) is 0. The molecule has 3 N–H and O–H groups in total. The molecule has 2 heteroatoms. The predicted octanol–water partition coefficient (Wildman–Crippen LogP) is 4.15. The van der Waals surface area contributed by atoms with Gasteiger partial charge in [-0.25, -0.2) is 5.43 Å². The molecular formula is C19H26N2. The van der Waals surface area contributed by atoms with Gasteiger partial charge in [-0.15, -0.1) is 0 Å². The first-order valence-electron chi connectivity index (χ1n) is 7.47. The van der Waals surface area contributed by atoms with E-state index in [2.05, 4.69) is 82.5 Å². The first kappa shape index (κ1) is 15.7. The lowest BCUT2D eigenvalue weighted by Gasteiger charge is -2.23. The maximum Gasteiger partial charge on any atom is 0.0715 e. The lowest BCUT2D eigenvalue weighted by Crippen LogP contribution is -2.30. The van der Waals surface area contributed by atoms with Crippen LogP contribution in [0.5, 0.6) is 0 Å². The average molecular weight is 282 g/mol. The number of benzene rings is 2. The Bertz CT molecular complexity index is 586. The summed E-state index contributed by atoms with van der Waals surface area (Å²) in [4.78, 5) is 0. The minimum Gasteiger partial charge on any atom is -0.271 e. The molecule has 1 unspecified atom stereocenters. The van der Waals surface area contributed by atoms with E-state index in [1.165, 1.54) is 27.8 Å². The van der Waals surface area contributed by atoms with Crippen molar-refractivity contribution < 1.29 is 0 Å². The van der Waals surface area contributed by atoms with Gasteiger partial charge in [0.1, 0.15) is 0 Å². The van der Waals surface area contributed by atoms with E-state index in [9.17, 15) is 0 Å². The van der Waals surface area contributed by atoms with Gasteiger partial charge in [0.2, 0.25) is 0 Å². The van der Waals surface area contributed by atoms with E-state index in [0.29, 0.717) is 0 Å². The molecule has 0 aliphatic rings. The quantitative estimate of drug-likeness (QED) is 0.655. The van der Waals surface area contributed by atoms with Crippen LogP contribution in [0.15, 0.2) is 42.5 Å². The Labute approximate surface area is 128 Å². The van der Waals surface area contributed by atoms with Gasteiger partial charge >= 0.3 is 0 Å². The number of aryl methyl sites for hydroxylation is 2. The highest BCUT2D eigenvalue weighted by molar-refractivity contribution is 5.42. The van der Waals surface area contributed by atoms with Crippen LogP contribution in [0, 0.1) is 13.8 Å². The SMILES string of the molecule is Cc1cccc(C)c1C(NN)c1ccc(C(C)(C)C)cc1. The zero-order valence-corrected chi connectivity index (χ0v) is 13.7. The highest BCUT2D eigenvalue weighted by Crippen LogP contribution is 2.29. The van der Waals surface area contributed by atoms with Gasteiger partial charge < -0.3 is 0 Å². The van der Waals surface area contributed by atoms with Crippen LogP contribution in [0.3, 0.4) is 0 Å². The van der Waals surface area contributed by atoms with Crippen LogP contribution in [0.25, 0.3) is 0 Å². The summed E-state index contributed by atoms with van der Waals surface area (Å²) in [6.45, 7) is 11.0. The van der Waals surface area contributed by atoms with Crippen molar-refractivity contribution in [2.75, 3.05) is 0 Å². The summed E-state index contributed by atoms with van der Waals surface area (Å²) in [6, 6.07) is 15.1. The first-order chi connectivity index (χ1) is 9.84. The van der Waals surface area contributed by atoms with Crippen LogP contribution in [0.2, 0.25) is 0 Å². The zero-order valence-electron chi connectivity index (χ0n) is 13.7. The van der Waals surface area contributed by atoms with E-state index in [0.717, 1.165) is 0 Å². The van der Waals surface area contributed by atoms with Crippen LogP contribution >= 0.6 is 0 Å². The molecule has 2 nitrogen and oxygen atoms in total. The molecule has 0 radical (unpaired) electrons. The first-order valence-corrected chi connectivity index (χ1v) is 7.47. The molecule has 2 aromatic carbocycles. The number of hydrogen-bond acceptors (Lipinski definition) is 2. The van der Waals surface area contributed by atoms with E-state index < -0.39 is 0 Å². The zero-order chi connectivity index (χ0) is 15.6. The van der Waals surface area contributed by atoms with Gasteiger partial charge in [-0.3, -0.25) is 5.84 Å². The Morgan fingerprint density at radius 2 is 1.43 bits per heavy atom. The molecule has 0 saturated carbocycles. The third kappa shape index (κ3) is 3.34. The highest BCUT2D eigenvalue weighted by atomic mass is 15.2. The second kappa shape index (κ2) is 6.00. The second-order valence-electron chi connectivity index (χ2n) is 6.78. The molecule has 1 atom stereocenters. The molecule has 0 aliphatic carbocycles. The van der Waals surface area contributed by atoms with Crippen LogP contribution in [0.1, 0.15) is 54.6 Å². The number of hydrogen-bond donors (Lipinski definition) is 2. The molecule has 0 fully saturated rings. The summed E-state index contributed by atoms with van der Waals surface area (Å²) in [7, 11) is 0. The molecule has 2 rings (SSSR count). The maximum atomic E-state index is 5.85. The molecule has 21 heavy (non-hydrogen) atoms. The number of nitrogens with two attached hydrogens (primary N) is 1. The van der Waals surface area contributed by atoms with E-state index in [4.69, 9.17) is 5.84 Å². The van der Waals surface area contributed by atoms with Crippen molar-refractivity contribution in [1.29, 1.82) is 0 Å². The van der Waals surface area contributed by atoms with E-state index in [1.807, 2.05) is 0 Å². The van der Waals surface area contributed by atoms with E-state index in [-0.39, 0.29) is 11.5 Å². The van der Waals surface area contributed by atoms with Gasteiger partial charge in [0.05, 0.1) is 6.04 Å². The topological polar surface area (TPSA) is 38.0 Å². The Kier molecular flexibility index (Phi) is 4.50. The molecule has 0 aliphatic heterocycles. The van der Waals surface area contributed by atoms with Crippen LogP contribution in [-0.2, 0) is 5.41 Å². The minimum absolute atomic E-state index is 0.0280. The highest BCUT2D eigenvalue weighted by Gasteiger charge is 2.18. The fourth-order valence-corrected chi connectivity index (χ4v) is 2.80. The van der Waals surface area contributed by atoms with Gasteiger partial charge in [0.25, 0.3) is 0 Å². The van der Waals surface area contributed by atoms with Gasteiger partial charge in [-0.05, 0) is 47.1 Å². The summed E-state index contributed by atoms with van der Waals surface area (Å²) < 4.78 is 0. The minimum atomic E-state index is 0.0280. The summed E-state index contributed by atoms with van der Waals surface area (Å²) in [5.41, 5.74) is 9.47. The fraction of sp³-hybridized carbons (Fsp3) is 0.368. The molecular weight excluding hydrogens is 256 g/mol. The maximum absolute atomic E-state index is 5.85. The Balaban J connectivity index is 2.43. The third-order valence-corrected chi connectivity index (χ3v) is 4.11. The molecule has 0 amide bonds. The standard InChI is InChI=1S/C19H26N2/c1-13-7-6-8-14(2)17(13)18(21-20)15-9-11-16(12-10-15)19(3,4)5/h6-12,18,21H,20H2,1-5H3. The number of rotatable bonds is 3. The van der Waals surface area contributed by atoms with Crippen molar-refractivity contribution >= 4 is 0 Å². The van der Waals surface area contributed by atoms with Crippen molar-refractivity contribution in [1.82, 2.24) is 5.43 Å². The van der Waals surface area contributed by atoms with Crippen molar-refractivity contribution in [3.8, 4) is 0 Å². The normalized spacial score (nSPS) is 13.2. The van der Waals surface area contributed by atoms with Crippen molar-refractivity contribution in [3.05, 3.63) is 70.3 Å². The van der Waals surface area contributed by atoms with E-state index in [1.54, 1.807) is 0 Å². The Morgan fingerprint density at radius 3 is 1.86 bits per heavy atom. The Hall–Kier alpha value is -1.64. The summed E-state index contributed by atoms with van der Waals surface area (Å²) in [5, 5.41) is 0. The van der Waals surface area contributed by atoms with Crippen molar-refractivity contribution in [2.24, 2.45) is 5.84 Å². The van der Waals surface area contributed by atoms with Gasteiger partial charge in [-0.2, -0.15) is 0 Å². The fourth-order valence-electron chi connectivity index (χ4n) is 2.80. The van der Waals surface area contributed by atoms with Gasteiger partial charge in [-0.1, -0.05) is 63.2 Å². The summed E-state index contributed by atoms with van der Waals surface area (Å²) >= 11 is 0. The Morgan fingerprint density at radius 1 is 0.905 bits per heavy atom. The van der Waals surface area contributed by atoms with Crippen LogP contribution < -0.4 is 11.3 Å². The van der Waals surface area contributed by atoms with Crippen LogP contribution in [0.4, 0.5) is 0 Å². The second-order valence-corrected chi connectivity index (χ2v) is 6.78. The largest absolute Gasteiger partial charge is 0.271 e. The molecule has 0 heterocycles. The summed E-state index contributed by atoms with van der Waals surface area (Å²) in [5.74, 6) is 5.85. The lowest BCUT2D eigenvalue weighted by atomic mass is 9.85. The van der Waals surface area contributed by atoms with E-state index >= 15 is 0 Å². The van der Waals surface area contributed by atoms with Gasteiger partial charge in [0.15, 0.2) is 0 Å².